The van der Waals surface area contributed by atoms with E-state index in [1.54, 1.807) is 6.07 Å². The monoisotopic (exact) mass is 229 g/mol. The summed E-state index contributed by atoms with van der Waals surface area (Å²) < 4.78 is 5.58. The average molecular weight is 229 g/mol. The number of aliphatic hydroxyl groups excluding tert-OH is 1. The minimum atomic E-state index is 0.0117. The molecule has 0 saturated heterocycles. The highest BCUT2D eigenvalue weighted by Gasteiger charge is 2.01. The molecule has 0 atom stereocenters. The number of pyridine rings is 1. The molecule has 0 aliphatic rings. The second-order valence-electron chi connectivity index (χ2n) is 3.83. The molecule has 0 radical (unpaired) electrons. The zero-order valence-corrected chi connectivity index (χ0v) is 9.76. The van der Waals surface area contributed by atoms with E-state index in [4.69, 9.17) is 9.84 Å². The summed E-state index contributed by atoms with van der Waals surface area (Å²) in [6, 6.07) is 13.6. The van der Waals surface area contributed by atoms with Gasteiger partial charge in [-0.1, -0.05) is 30.3 Å². The molecule has 0 fully saturated rings. The Hall–Kier alpha value is -1.87. The average Bonchev–Trinajstić information content (AvgIpc) is 2.38. The minimum Gasteiger partial charge on any atom is -0.473 e. The molecule has 88 valence electrons. The van der Waals surface area contributed by atoms with E-state index >= 15 is 0 Å². The molecule has 0 aliphatic carbocycles. The molecule has 0 aliphatic heterocycles. The lowest BCUT2D eigenvalue weighted by molar-refractivity contribution is 0.276. The fourth-order valence-corrected chi connectivity index (χ4v) is 1.55. The van der Waals surface area contributed by atoms with Gasteiger partial charge < -0.3 is 9.84 Å². The quantitative estimate of drug-likeness (QED) is 0.875. The summed E-state index contributed by atoms with van der Waals surface area (Å²) in [4.78, 5) is 4.28. The summed E-state index contributed by atoms with van der Waals surface area (Å²) in [6.07, 6.45) is 0. The van der Waals surface area contributed by atoms with E-state index in [0.29, 0.717) is 12.5 Å². The van der Waals surface area contributed by atoms with E-state index < -0.39 is 0 Å². The molecular weight excluding hydrogens is 214 g/mol. The minimum absolute atomic E-state index is 0.0117. The molecule has 0 amide bonds. The number of hydrogen-bond acceptors (Lipinski definition) is 3. The van der Waals surface area contributed by atoms with Crippen LogP contribution in [0, 0.1) is 6.92 Å². The molecule has 0 bridgehead atoms. The number of aryl methyl sites for hydroxylation is 1. The fourth-order valence-electron chi connectivity index (χ4n) is 1.55. The van der Waals surface area contributed by atoms with Crippen molar-refractivity contribution in [3.05, 3.63) is 59.3 Å². The summed E-state index contributed by atoms with van der Waals surface area (Å²) in [7, 11) is 0. The Morgan fingerprint density at radius 2 is 1.88 bits per heavy atom. The molecular formula is C14H15NO2. The van der Waals surface area contributed by atoms with E-state index in [1.807, 2.05) is 43.3 Å². The summed E-state index contributed by atoms with van der Waals surface area (Å²) in [5.41, 5.74) is 2.74. The number of hydrogen-bond donors (Lipinski definition) is 1. The van der Waals surface area contributed by atoms with Crippen molar-refractivity contribution in [2.24, 2.45) is 0 Å². The van der Waals surface area contributed by atoms with Gasteiger partial charge in [0.2, 0.25) is 5.88 Å². The molecule has 3 nitrogen and oxygen atoms in total. The highest BCUT2D eigenvalue weighted by molar-refractivity contribution is 5.24. The first-order valence-electron chi connectivity index (χ1n) is 5.53. The van der Waals surface area contributed by atoms with Crippen molar-refractivity contribution in [3.63, 3.8) is 0 Å². The van der Waals surface area contributed by atoms with Gasteiger partial charge in [-0.05, 0) is 24.1 Å². The van der Waals surface area contributed by atoms with Crippen LogP contribution in [0.3, 0.4) is 0 Å². The molecule has 2 rings (SSSR count). The zero-order chi connectivity index (χ0) is 12.1. The Morgan fingerprint density at radius 1 is 1.12 bits per heavy atom. The van der Waals surface area contributed by atoms with E-state index in [0.717, 1.165) is 16.8 Å². The molecule has 2 aromatic rings. The molecule has 1 N–H and O–H groups in total. The third kappa shape index (κ3) is 3.04. The molecule has 0 unspecified atom stereocenters. The highest BCUT2D eigenvalue weighted by atomic mass is 16.5. The maximum absolute atomic E-state index is 9.04. The van der Waals surface area contributed by atoms with Gasteiger partial charge in [0.05, 0.1) is 6.61 Å². The Morgan fingerprint density at radius 3 is 2.53 bits per heavy atom. The second kappa shape index (κ2) is 5.46. The molecule has 0 spiro atoms. The van der Waals surface area contributed by atoms with Crippen LogP contribution in [0.2, 0.25) is 0 Å². The van der Waals surface area contributed by atoms with Crippen molar-refractivity contribution in [2.45, 2.75) is 20.1 Å². The van der Waals surface area contributed by atoms with E-state index in [9.17, 15) is 0 Å². The van der Waals surface area contributed by atoms with Gasteiger partial charge in [0.15, 0.2) is 0 Å². The van der Waals surface area contributed by atoms with E-state index in [-0.39, 0.29) is 6.61 Å². The van der Waals surface area contributed by atoms with Crippen LogP contribution < -0.4 is 4.74 Å². The van der Waals surface area contributed by atoms with Crippen LogP contribution in [0.4, 0.5) is 0 Å². The summed E-state index contributed by atoms with van der Waals surface area (Å²) in [6.45, 7) is 2.38. The zero-order valence-electron chi connectivity index (χ0n) is 9.76. The van der Waals surface area contributed by atoms with Crippen LogP contribution >= 0.6 is 0 Å². The molecule has 17 heavy (non-hydrogen) atoms. The molecule has 1 heterocycles. The SMILES string of the molecule is Cc1nc(OCc2ccccc2)ccc1CO. The number of aliphatic hydroxyl groups is 1. The van der Waals surface area contributed by atoms with Gasteiger partial charge in [0, 0.05) is 11.8 Å². The number of aromatic nitrogens is 1. The maximum atomic E-state index is 9.04. The third-order valence-corrected chi connectivity index (χ3v) is 2.57. The van der Waals surface area contributed by atoms with Gasteiger partial charge in [0.25, 0.3) is 0 Å². The van der Waals surface area contributed by atoms with Crippen molar-refractivity contribution < 1.29 is 9.84 Å². The second-order valence-corrected chi connectivity index (χ2v) is 3.83. The molecule has 1 aromatic heterocycles. The first-order chi connectivity index (χ1) is 8.29. The Bertz CT molecular complexity index is 483. The van der Waals surface area contributed by atoms with Crippen LogP contribution in [0.1, 0.15) is 16.8 Å². The molecule has 0 saturated carbocycles. The van der Waals surface area contributed by atoms with Crippen molar-refractivity contribution in [1.29, 1.82) is 0 Å². The lowest BCUT2D eigenvalue weighted by Gasteiger charge is -2.07. The van der Waals surface area contributed by atoms with Gasteiger partial charge in [-0.25, -0.2) is 4.98 Å². The van der Waals surface area contributed by atoms with Crippen LogP contribution in [-0.2, 0) is 13.2 Å². The topological polar surface area (TPSA) is 42.4 Å². The van der Waals surface area contributed by atoms with Gasteiger partial charge in [0.1, 0.15) is 6.61 Å². The predicted molar refractivity (Wildman–Crippen MR) is 65.7 cm³/mol. The number of nitrogens with zero attached hydrogens (tertiary/aromatic N) is 1. The molecule has 1 aromatic carbocycles. The largest absolute Gasteiger partial charge is 0.473 e. The first-order valence-corrected chi connectivity index (χ1v) is 5.53. The number of benzene rings is 1. The number of ether oxygens (including phenoxy) is 1. The van der Waals surface area contributed by atoms with Gasteiger partial charge in [-0.3, -0.25) is 0 Å². The van der Waals surface area contributed by atoms with Crippen LogP contribution in [0.5, 0.6) is 5.88 Å². The lowest BCUT2D eigenvalue weighted by atomic mass is 10.2. The van der Waals surface area contributed by atoms with Crippen molar-refractivity contribution in [3.8, 4) is 5.88 Å². The Kier molecular flexibility index (Phi) is 3.73. The van der Waals surface area contributed by atoms with Crippen molar-refractivity contribution in [1.82, 2.24) is 4.98 Å². The highest BCUT2D eigenvalue weighted by Crippen LogP contribution is 2.13. The fraction of sp³-hybridized carbons (Fsp3) is 0.214. The predicted octanol–water partition coefficient (Wildman–Crippen LogP) is 2.46. The van der Waals surface area contributed by atoms with Crippen LogP contribution in [-0.4, -0.2) is 10.1 Å². The van der Waals surface area contributed by atoms with Gasteiger partial charge in [-0.15, -0.1) is 0 Å². The smallest absolute Gasteiger partial charge is 0.213 e. The standard InChI is InChI=1S/C14H15NO2/c1-11-13(9-16)7-8-14(15-11)17-10-12-5-3-2-4-6-12/h2-8,16H,9-10H2,1H3. The van der Waals surface area contributed by atoms with Crippen LogP contribution in [0.25, 0.3) is 0 Å². The summed E-state index contributed by atoms with van der Waals surface area (Å²) in [5.74, 6) is 0.587. The normalized spacial score (nSPS) is 10.2. The maximum Gasteiger partial charge on any atom is 0.213 e. The van der Waals surface area contributed by atoms with E-state index in [1.165, 1.54) is 0 Å². The Balaban J connectivity index is 2.02. The van der Waals surface area contributed by atoms with Gasteiger partial charge in [-0.2, -0.15) is 0 Å². The lowest BCUT2D eigenvalue weighted by Crippen LogP contribution is -1.99. The van der Waals surface area contributed by atoms with Crippen molar-refractivity contribution >= 4 is 0 Å². The third-order valence-electron chi connectivity index (χ3n) is 2.57. The summed E-state index contributed by atoms with van der Waals surface area (Å²) in [5, 5.41) is 9.04. The van der Waals surface area contributed by atoms with Crippen molar-refractivity contribution in [2.75, 3.05) is 0 Å². The molecule has 3 heteroatoms. The Labute approximate surface area is 101 Å². The first kappa shape index (κ1) is 11.6. The summed E-state index contributed by atoms with van der Waals surface area (Å²) >= 11 is 0. The van der Waals surface area contributed by atoms with E-state index in [2.05, 4.69) is 4.98 Å². The van der Waals surface area contributed by atoms with Crippen LogP contribution in [0.15, 0.2) is 42.5 Å². The number of rotatable bonds is 4. The van der Waals surface area contributed by atoms with Gasteiger partial charge >= 0.3 is 0 Å².